The van der Waals surface area contributed by atoms with Crippen LogP contribution in [0.4, 0.5) is 13.2 Å². The van der Waals surface area contributed by atoms with Gasteiger partial charge in [-0.3, -0.25) is 9.69 Å². The van der Waals surface area contributed by atoms with Gasteiger partial charge < -0.3 is 9.64 Å². The van der Waals surface area contributed by atoms with Crippen LogP contribution in [0.15, 0.2) is 48.5 Å². The number of rotatable bonds is 6. The van der Waals surface area contributed by atoms with Gasteiger partial charge in [0.25, 0.3) is 0 Å². The van der Waals surface area contributed by atoms with Crippen LogP contribution in [0.3, 0.4) is 0 Å². The Hall–Kier alpha value is -2.51. The van der Waals surface area contributed by atoms with Crippen LogP contribution in [0, 0.1) is 5.82 Å². The minimum Gasteiger partial charge on any atom is -0.435 e. The van der Waals surface area contributed by atoms with Crippen molar-refractivity contribution < 1.29 is 22.7 Å². The molecule has 1 aliphatic heterocycles. The predicted octanol–water partition coefficient (Wildman–Crippen LogP) is 4.44. The van der Waals surface area contributed by atoms with Gasteiger partial charge >= 0.3 is 6.61 Å². The van der Waals surface area contributed by atoms with Crippen LogP contribution in [0.5, 0.6) is 5.75 Å². The minimum atomic E-state index is -2.87. The second-order valence-electron chi connectivity index (χ2n) is 6.62. The van der Waals surface area contributed by atoms with Gasteiger partial charge in [0.15, 0.2) is 0 Å². The van der Waals surface area contributed by atoms with Crippen LogP contribution < -0.4 is 4.74 Å². The smallest absolute Gasteiger partial charge is 0.387 e. The fraction of sp³-hybridized carbons (Fsp3) is 0.286. The van der Waals surface area contributed by atoms with Crippen LogP contribution in [0.25, 0.3) is 6.08 Å². The molecule has 0 N–H and O–H groups in total. The maximum atomic E-state index is 13.1. The predicted molar refractivity (Wildman–Crippen MR) is 105 cm³/mol. The molecule has 0 bridgehead atoms. The third-order valence-corrected chi connectivity index (χ3v) is 4.97. The Kier molecular flexibility index (Phi) is 7.17. The quantitative estimate of drug-likeness (QED) is 0.643. The van der Waals surface area contributed by atoms with Crippen LogP contribution in [-0.4, -0.2) is 48.5 Å². The molecule has 0 aliphatic carbocycles. The monoisotopic (exact) mass is 424 g/mol. The Morgan fingerprint density at radius 3 is 2.41 bits per heavy atom. The molecule has 0 spiro atoms. The van der Waals surface area contributed by atoms with Crippen molar-refractivity contribution in [2.45, 2.75) is 13.2 Å². The van der Waals surface area contributed by atoms with Crippen molar-refractivity contribution in [1.82, 2.24) is 9.80 Å². The molecule has 1 heterocycles. The van der Waals surface area contributed by atoms with E-state index in [0.717, 1.165) is 5.56 Å². The number of benzene rings is 2. The standard InChI is InChI=1S/C21H20ClF3N2O2/c22-19-13-17(23)5-4-16(19)14-26-9-11-27(12-10-26)20(28)8-3-15-1-6-18(7-2-15)29-21(24)25/h1-8,13,21H,9-12,14H2. The Morgan fingerprint density at radius 2 is 1.79 bits per heavy atom. The van der Waals surface area contributed by atoms with Crippen molar-refractivity contribution in [1.29, 1.82) is 0 Å². The second-order valence-corrected chi connectivity index (χ2v) is 7.03. The fourth-order valence-electron chi connectivity index (χ4n) is 3.05. The Morgan fingerprint density at radius 1 is 1.10 bits per heavy atom. The molecule has 1 saturated heterocycles. The molecule has 0 radical (unpaired) electrons. The Bertz CT molecular complexity index is 867. The number of halogens is 4. The van der Waals surface area contributed by atoms with Crippen molar-refractivity contribution in [2.75, 3.05) is 26.2 Å². The molecule has 0 aromatic heterocycles. The van der Waals surface area contributed by atoms with E-state index >= 15 is 0 Å². The topological polar surface area (TPSA) is 32.8 Å². The zero-order chi connectivity index (χ0) is 20.8. The fourth-order valence-corrected chi connectivity index (χ4v) is 3.28. The lowest BCUT2D eigenvalue weighted by Crippen LogP contribution is -2.47. The summed E-state index contributed by atoms with van der Waals surface area (Å²) in [6.07, 6.45) is 3.11. The van der Waals surface area contributed by atoms with Crippen molar-refractivity contribution in [3.05, 3.63) is 70.5 Å². The molecule has 0 unspecified atom stereocenters. The summed E-state index contributed by atoms with van der Waals surface area (Å²) in [5.41, 5.74) is 1.57. The summed E-state index contributed by atoms with van der Waals surface area (Å²) in [5, 5.41) is 0.399. The van der Waals surface area contributed by atoms with Gasteiger partial charge in [-0.15, -0.1) is 0 Å². The molecule has 8 heteroatoms. The maximum Gasteiger partial charge on any atom is 0.387 e. The number of alkyl halides is 2. The summed E-state index contributed by atoms with van der Waals surface area (Å²) in [4.78, 5) is 16.3. The van der Waals surface area contributed by atoms with E-state index in [1.165, 1.54) is 30.3 Å². The van der Waals surface area contributed by atoms with E-state index < -0.39 is 6.61 Å². The molecule has 29 heavy (non-hydrogen) atoms. The Balaban J connectivity index is 1.48. The summed E-state index contributed by atoms with van der Waals surface area (Å²) in [6.45, 7) is 0.256. The molecule has 0 atom stereocenters. The Labute approximate surface area is 172 Å². The number of piperazine rings is 1. The van der Waals surface area contributed by atoms with Crippen molar-refractivity contribution in [2.24, 2.45) is 0 Å². The van der Waals surface area contributed by atoms with E-state index in [0.29, 0.717) is 43.3 Å². The van der Waals surface area contributed by atoms with E-state index in [9.17, 15) is 18.0 Å². The summed E-state index contributed by atoms with van der Waals surface area (Å²) in [5.74, 6) is -0.407. The normalized spacial score (nSPS) is 15.3. The van der Waals surface area contributed by atoms with Crippen LogP contribution in [-0.2, 0) is 11.3 Å². The van der Waals surface area contributed by atoms with Crippen LogP contribution >= 0.6 is 11.6 Å². The van der Waals surface area contributed by atoms with E-state index in [4.69, 9.17) is 11.6 Å². The summed E-state index contributed by atoms with van der Waals surface area (Å²) in [6, 6.07) is 10.4. The van der Waals surface area contributed by atoms with Gasteiger partial charge in [-0.2, -0.15) is 8.78 Å². The molecule has 154 valence electrons. The highest BCUT2D eigenvalue weighted by Crippen LogP contribution is 2.20. The van der Waals surface area contributed by atoms with Gasteiger partial charge in [0.1, 0.15) is 11.6 Å². The first kappa shape index (κ1) is 21.2. The first-order valence-corrected chi connectivity index (χ1v) is 9.46. The molecule has 0 saturated carbocycles. The zero-order valence-corrected chi connectivity index (χ0v) is 16.3. The molecule has 4 nitrogen and oxygen atoms in total. The van der Waals surface area contributed by atoms with E-state index in [1.807, 2.05) is 0 Å². The molecule has 3 rings (SSSR count). The second kappa shape index (κ2) is 9.80. The number of carbonyl (C=O) groups is 1. The largest absolute Gasteiger partial charge is 0.435 e. The minimum absolute atomic E-state index is 0.0702. The summed E-state index contributed by atoms with van der Waals surface area (Å²) in [7, 11) is 0. The highest BCUT2D eigenvalue weighted by Gasteiger charge is 2.20. The molecule has 2 aromatic rings. The number of hydrogen-bond acceptors (Lipinski definition) is 3. The third kappa shape index (κ3) is 6.24. The first-order chi connectivity index (χ1) is 13.9. The van der Waals surface area contributed by atoms with Gasteiger partial charge in [0.05, 0.1) is 0 Å². The lowest BCUT2D eigenvalue weighted by Gasteiger charge is -2.34. The van der Waals surface area contributed by atoms with Gasteiger partial charge in [0, 0.05) is 43.8 Å². The summed E-state index contributed by atoms with van der Waals surface area (Å²) >= 11 is 6.08. The van der Waals surface area contributed by atoms with Gasteiger partial charge in [-0.25, -0.2) is 4.39 Å². The lowest BCUT2D eigenvalue weighted by atomic mass is 10.2. The molecule has 1 amide bonds. The van der Waals surface area contributed by atoms with Crippen molar-refractivity contribution in [3.8, 4) is 5.75 Å². The average Bonchev–Trinajstić information content (AvgIpc) is 2.69. The number of hydrogen-bond donors (Lipinski definition) is 0. The number of nitrogens with zero attached hydrogens (tertiary/aromatic N) is 2. The molecule has 2 aromatic carbocycles. The van der Waals surface area contributed by atoms with Gasteiger partial charge in [-0.1, -0.05) is 29.8 Å². The number of amides is 1. The first-order valence-electron chi connectivity index (χ1n) is 9.09. The number of ether oxygens (including phenoxy) is 1. The van der Waals surface area contributed by atoms with E-state index in [-0.39, 0.29) is 17.5 Å². The van der Waals surface area contributed by atoms with Crippen molar-refractivity contribution >= 4 is 23.6 Å². The number of carbonyl (C=O) groups excluding carboxylic acids is 1. The van der Waals surface area contributed by atoms with E-state index in [2.05, 4.69) is 9.64 Å². The van der Waals surface area contributed by atoms with Crippen LogP contribution in [0.2, 0.25) is 5.02 Å². The lowest BCUT2D eigenvalue weighted by molar-refractivity contribution is -0.127. The average molecular weight is 425 g/mol. The SMILES string of the molecule is O=C(C=Cc1ccc(OC(F)F)cc1)N1CCN(Cc2ccc(F)cc2Cl)CC1. The van der Waals surface area contributed by atoms with Gasteiger partial charge in [-0.05, 0) is 41.5 Å². The maximum absolute atomic E-state index is 13.1. The van der Waals surface area contributed by atoms with Gasteiger partial charge in [0.2, 0.25) is 5.91 Å². The molecular weight excluding hydrogens is 405 g/mol. The third-order valence-electron chi connectivity index (χ3n) is 4.62. The highest BCUT2D eigenvalue weighted by atomic mass is 35.5. The molecular formula is C21H20ClF3N2O2. The molecule has 1 aliphatic rings. The zero-order valence-electron chi connectivity index (χ0n) is 15.5. The van der Waals surface area contributed by atoms with E-state index in [1.54, 1.807) is 29.2 Å². The van der Waals surface area contributed by atoms with Crippen LogP contribution in [0.1, 0.15) is 11.1 Å². The molecule has 1 fully saturated rings. The van der Waals surface area contributed by atoms with Crippen molar-refractivity contribution in [3.63, 3.8) is 0 Å². The highest BCUT2D eigenvalue weighted by molar-refractivity contribution is 6.31. The summed E-state index contributed by atoms with van der Waals surface area (Å²) < 4.78 is 41.7.